The summed E-state index contributed by atoms with van der Waals surface area (Å²) in [6, 6.07) is 35.5. The molecule has 1 saturated heterocycles. The fraction of sp³-hybridized carbons (Fsp3) is 0.263. The number of aliphatic hydroxyl groups excluding tert-OH is 1. The van der Waals surface area contributed by atoms with Crippen molar-refractivity contribution in [1.29, 1.82) is 0 Å². The van der Waals surface area contributed by atoms with Crippen LogP contribution in [0.4, 0.5) is 0 Å². The van der Waals surface area contributed by atoms with Crippen molar-refractivity contribution >= 4 is 23.2 Å². The molecule has 0 aliphatic carbocycles. The zero-order valence-electron chi connectivity index (χ0n) is 25.9. The molecule has 8 nitrogen and oxygen atoms in total. The number of benzene rings is 4. The molecule has 6 atom stereocenters. The molecule has 0 saturated carbocycles. The molecule has 5 N–H and O–H groups in total. The largest absolute Gasteiger partial charge is 0.390 e. The second-order valence-corrected chi connectivity index (χ2v) is 13.1. The topological polar surface area (TPSA) is 136 Å². The Morgan fingerprint density at radius 1 is 0.625 bits per heavy atom. The SMILES string of the molecule is OC(Cc1ccccc1)[C@H]1O[C@@](O)(c2ncc(Cl)nc2Cl)[C@@](O)(Cc2ccccc2)[C@](O)(Cc2ccccc2)[C@@]1(O)Cc1ccccc1. The predicted octanol–water partition coefficient (Wildman–Crippen LogP) is 4.85. The van der Waals surface area contributed by atoms with Gasteiger partial charge >= 0.3 is 0 Å². The molecule has 48 heavy (non-hydrogen) atoms. The molecule has 10 heteroatoms. The third-order valence-corrected chi connectivity index (χ3v) is 9.76. The second kappa shape index (κ2) is 13.7. The Morgan fingerprint density at radius 2 is 1.06 bits per heavy atom. The molecule has 1 aliphatic heterocycles. The summed E-state index contributed by atoms with van der Waals surface area (Å²) >= 11 is 12.7. The van der Waals surface area contributed by atoms with E-state index in [2.05, 4.69) is 9.97 Å². The minimum Gasteiger partial charge on any atom is -0.390 e. The fourth-order valence-corrected chi connectivity index (χ4v) is 7.38. The first-order valence-electron chi connectivity index (χ1n) is 15.6. The molecule has 0 amide bonds. The van der Waals surface area contributed by atoms with Crippen molar-refractivity contribution in [3.63, 3.8) is 0 Å². The van der Waals surface area contributed by atoms with E-state index in [4.69, 9.17) is 27.9 Å². The van der Waals surface area contributed by atoms with Crippen LogP contribution in [-0.2, 0) is 36.2 Å². The first kappa shape index (κ1) is 34.2. The van der Waals surface area contributed by atoms with E-state index in [9.17, 15) is 25.5 Å². The third-order valence-electron chi connectivity index (χ3n) is 9.31. The Kier molecular flexibility index (Phi) is 9.73. The lowest BCUT2D eigenvalue weighted by molar-refractivity contribution is -0.454. The summed E-state index contributed by atoms with van der Waals surface area (Å²) in [6.07, 6.45) is -3.23. The molecule has 5 aromatic rings. The number of nitrogens with zero attached hydrogens (tertiary/aromatic N) is 2. The van der Waals surface area contributed by atoms with Gasteiger partial charge in [0.25, 0.3) is 0 Å². The highest BCUT2D eigenvalue weighted by atomic mass is 35.5. The number of halogens is 2. The van der Waals surface area contributed by atoms with E-state index in [0.29, 0.717) is 22.3 Å². The Morgan fingerprint density at radius 3 is 1.54 bits per heavy atom. The standard InChI is InChI=1S/C38H36Cl2N2O6/c39-31-25-41-32(34(40)42-31)38(47)37(46,24-29-19-11-4-12-20-29)36(45,23-28-17-9-3-10-18-28)35(44,22-27-15-7-2-8-16-27)33(48-38)30(43)21-26-13-5-1-6-14-26/h1-20,25,30,33,43-47H,21-24H2/t30?,33-,35-,36+,37-,38+/m1/s1. The Balaban J connectivity index is 1.64. The number of aliphatic hydroxyl groups is 5. The van der Waals surface area contributed by atoms with Gasteiger partial charge in [0.05, 0.1) is 12.3 Å². The van der Waals surface area contributed by atoms with E-state index in [1.165, 1.54) is 0 Å². The zero-order chi connectivity index (χ0) is 34.0. The molecular formula is C38H36Cl2N2O6. The van der Waals surface area contributed by atoms with Gasteiger partial charge in [-0.2, -0.15) is 0 Å². The Bertz CT molecular complexity index is 1820. The van der Waals surface area contributed by atoms with Crippen LogP contribution < -0.4 is 0 Å². The zero-order valence-corrected chi connectivity index (χ0v) is 27.4. The monoisotopic (exact) mass is 686 g/mol. The van der Waals surface area contributed by atoms with E-state index in [-0.39, 0.29) is 24.4 Å². The average molecular weight is 688 g/mol. The van der Waals surface area contributed by atoms with Crippen LogP contribution in [0.5, 0.6) is 0 Å². The van der Waals surface area contributed by atoms with Crippen molar-refractivity contribution in [2.45, 2.75) is 60.5 Å². The summed E-state index contributed by atoms with van der Waals surface area (Å²) in [7, 11) is 0. The average Bonchev–Trinajstić information content (AvgIpc) is 3.08. The molecule has 1 unspecified atom stereocenters. The summed E-state index contributed by atoms with van der Waals surface area (Å²) in [4.78, 5) is 8.31. The first-order valence-corrected chi connectivity index (χ1v) is 16.3. The van der Waals surface area contributed by atoms with Crippen LogP contribution in [0, 0.1) is 0 Å². The van der Waals surface area contributed by atoms with Crippen molar-refractivity contribution in [2.24, 2.45) is 0 Å². The first-order chi connectivity index (χ1) is 23.0. The maximum atomic E-state index is 13.4. The highest BCUT2D eigenvalue weighted by molar-refractivity contribution is 6.32. The summed E-state index contributed by atoms with van der Waals surface area (Å²) in [5.41, 5.74) is -6.01. The molecule has 6 rings (SSSR count). The summed E-state index contributed by atoms with van der Waals surface area (Å²) in [6.45, 7) is 0. The summed E-state index contributed by atoms with van der Waals surface area (Å²) in [5.74, 6) is -2.95. The van der Waals surface area contributed by atoms with Crippen molar-refractivity contribution in [3.05, 3.63) is 166 Å². The van der Waals surface area contributed by atoms with Gasteiger partial charge in [-0.05, 0) is 22.3 Å². The number of aromatic nitrogens is 2. The molecule has 1 aliphatic rings. The molecule has 0 radical (unpaired) electrons. The second-order valence-electron chi connectivity index (χ2n) is 12.4. The number of rotatable bonds is 10. The Hall–Kier alpha value is -3.70. The van der Waals surface area contributed by atoms with E-state index in [0.717, 1.165) is 6.20 Å². The molecule has 0 spiro atoms. The highest BCUT2D eigenvalue weighted by Gasteiger charge is 2.78. The van der Waals surface area contributed by atoms with Gasteiger partial charge < -0.3 is 30.3 Å². The molecule has 1 aromatic heterocycles. The maximum absolute atomic E-state index is 13.4. The lowest BCUT2D eigenvalue weighted by Crippen LogP contribution is -2.85. The van der Waals surface area contributed by atoms with Crippen molar-refractivity contribution in [1.82, 2.24) is 9.97 Å². The van der Waals surface area contributed by atoms with Crippen LogP contribution in [0.2, 0.25) is 10.3 Å². The van der Waals surface area contributed by atoms with E-state index < -0.39 is 52.1 Å². The van der Waals surface area contributed by atoms with Gasteiger partial charge in [-0.1, -0.05) is 145 Å². The number of ether oxygens (including phenoxy) is 1. The number of hydrogen-bond donors (Lipinski definition) is 5. The van der Waals surface area contributed by atoms with E-state index >= 15 is 0 Å². The number of hydrogen-bond acceptors (Lipinski definition) is 8. The van der Waals surface area contributed by atoms with Gasteiger partial charge in [-0.3, -0.25) is 0 Å². The van der Waals surface area contributed by atoms with Gasteiger partial charge in [0, 0.05) is 25.7 Å². The maximum Gasteiger partial charge on any atom is 0.246 e. The van der Waals surface area contributed by atoms with Gasteiger partial charge in [-0.25, -0.2) is 9.97 Å². The smallest absolute Gasteiger partial charge is 0.246 e. The lowest BCUT2D eigenvalue weighted by atomic mass is 9.56. The van der Waals surface area contributed by atoms with Crippen LogP contribution in [-0.4, -0.2) is 64.5 Å². The lowest BCUT2D eigenvalue weighted by Gasteiger charge is -2.64. The van der Waals surface area contributed by atoms with E-state index in [1.807, 2.05) is 24.3 Å². The van der Waals surface area contributed by atoms with Crippen LogP contribution in [0.25, 0.3) is 0 Å². The van der Waals surface area contributed by atoms with Crippen LogP contribution in [0.3, 0.4) is 0 Å². The normalized spacial score (nSPS) is 27.8. The highest BCUT2D eigenvalue weighted by Crippen LogP contribution is 2.57. The van der Waals surface area contributed by atoms with Crippen molar-refractivity contribution in [3.8, 4) is 0 Å². The van der Waals surface area contributed by atoms with Crippen LogP contribution in [0.1, 0.15) is 27.9 Å². The van der Waals surface area contributed by atoms with Crippen molar-refractivity contribution < 1.29 is 30.3 Å². The fourth-order valence-electron chi connectivity index (χ4n) is 6.94. The quantitative estimate of drug-likeness (QED) is 0.141. The van der Waals surface area contributed by atoms with Crippen molar-refractivity contribution in [2.75, 3.05) is 0 Å². The Labute approximate surface area is 288 Å². The van der Waals surface area contributed by atoms with E-state index in [1.54, 1.807) is 97.1 Å². The molecule has 4 aromatic carbocycles. The minimum atomic E-state index is -2.95. The summed E-state index contributed by atoms with van der Waals surface area (Å²) in [5, 5.41) is 64.3. The molecule has 1 fully saturated rings. The molecular weight excluding hydrogens is 651 g/mol. The van der Waals surface area contributed by atoms with Gasteiger partial charge in [0.2, 0.25) is 5.79 Å². The van der Waals surface area contributed by atoms with Gasteiger partial charge in [-0.15, -0.1) is 0 Å². The minimum absolute atomic E-state index is 0.0305. The predicted molar refractivity (Wildman–Crippen MR) is 182 cm³/mol. The summed E-state index contributed by atoms with van der Waals surface area (Å²) < 4.78 is 6.44. The van der Waals surface area contributed by atoms with Crippen LogP contribution in [0.15, 0.2) is 128 Å². The van der Waals surface area contributed by atoms with Gasteiger partial charge in [0.15, 0.2) is 10.8 Å². The molecule has 0 bridgehead atoms. The molecule has 2 heterocycles. The third kappa shape index (κ3) is 6.15. The van der Waals surface area contributed by atoms with Crippen LogP contribution >= 0.6 is 23.2 Å². The molecule has 248 valence electrons. The van der Waals surface area contributed by atoms with Gasteiger partial charge in [0.1, 0.15) is 28.2 Å².